The van der Waals surface area contributed by atoms with Gasteiger partial charge < -0.3 is 14.7 Å². The summed E-state index contributed by atoms with van der Waals surface area (Å²) >= 11 is 0. The van der Waals surface area contributed by atoms with Gasteiger partial charge in [-0.1, -0.05) is 0 Å². The molecule has 0 aromatic heterocycles. The van der Waals surface area contributed by atoms with Crippen molar-refractivity contribution < 1.29 is 14.6 Å². The molecule has 0 saturated heterocycles. The molecule has 1 aromatic rings. The Labute approximate surface area is 120 Å². The third-order valence-corrected chi connectivity index (χ3v) is 3.75. The second kappa shape index (κ2) is 7.29. The lowest BCUT2D eigenvalue weighted by Gasteiger charge is -2.37. The van der Waals surface area contributed by atoms with Crippen molar-refractivity contribution in [3.8, 4) is 5.75 Å². The molecule has 1 aliphatic carbocycles. The van der Waals surface area contributed by atoms with E-state index in [9.17, 15) is 4.79 Å². The molecular weight excluding hydrogens is 254 g/mol. The fourth-order valence-electron chi connectivity index (χ4n) is 2.42. The van der Waals surface area contributed by atoms with Crippen LogP contribution < -0.4 is 4.74 Å². The highest BCUT2D eigenvalue weighted by Gasteiger charge is 2.28. The molecule has 0 bridgehead atoms. The highest BCUT2D eigenvalue weighted by molar-refractivity contribution is 5.94. The van der Waals surface area contributed by atoms with Crippen LogP contribution in [0, 0.1) is 0 Å². The summed E-state index contributed by atoms with van der Waals surface area (Å²) in [7, 11) is 0. The van der Waals surface area contributed by atoms with Gasteiger partial charge in [-0.25, -0.2) is 0 Å². The lowest BCUT2D eigenvalue weighted by molar-refractivity contribution is 0.0562. The van der Waals surface area contributed by atoms with Crippen LogP contribution in [0.15, 0.2) is 24.3 Å². The molecular formula is C16H23NO3. The van der Waals surface area contributed by atoms with Gasteiger partial charge in [0.1, 0.15) is 5.75 Å². The van der Waals surface area contributed by atoms with E-state index in [1.807, 2.05) is 36.1 Å². The quantitative estimate of drug-likeness (QED) is 0.833. The van der Waals surface area contributed by atoms with Crippen LogP contribution in [-0.4, -0.2) is 41.7 Å². The number of rotatable bonds is 7. The number of nitrogens with zero attached hydrogens (tertiary/aromatic N) is 1. The Bertz CT molecular complexity index is 426. The summed E-state index contributed by atoms with van der Waals surface area (Å²) < 4.78 is 5.39. The fraction of sp³-hybridized carbons (Fsp3) is 0.562. The first-order valence-electron chi connectivity index (χ1n) is 7.41. The van der Waals surface area contributed by atoms with Gasteiger partial charge in [-0.3, -0.25) is 4.79 Å². The first-order valence-corrected chi connectivity index (χ1v) is 7.41. The van der Waals surface area contributed by atoms with Gasteiger partial charge in [-0.15, -0.1) is 0 Å². The SMILES string of the molecule is CCOc1ccc(C(=O)N(CCCO)C2CCC2)cc1. The third-order valence-electron chi connectivity index (χ3n) is 3.75. The maximum absolute atomic E-state index is 12.6. The predicted octanol–water partition coefficient (Wildman–Crippen LogP) is 2.46. The fourth-order valence-corrected chi connectivity index (χ4v) is 2.42. The van der Waals surface area contributed by atoms with Gasteiger partial charge in [-0.05, 0) is 56.9 Å². The second-order valence-electron chi connectivity index (χ2n) is 5.12. The molecule has 1 amide bonds. The summed E-state index contributed by atoms with van der Waals surface area (Å²) in [5, 5.41) is 8.98. The lowest BCUT2D eigenvalue weighted by atomic mass is 9.90. The van der Waals surface area contributed by atoms with E-state index >= 15 is 0 Å². The number of aliphatic hydroxyl groups excluding tert-OH is 1. The van der Waals surface area contributed by atoms with Crippen molar-refractivity contribution in [3.63, 3.8) is 0 Å². The highest BCUT2D eigenvalue weighted by atomic mass is 16.5. The molecule has 1 aromatic carbocycles. The molecule has 0 radical (unpaired) electrons. The molecule has 1 fully saturated rings. The number of carbonyl (C=O) groups is 1. The van der Waals surface area contributed by atoms with E-state index < -0.39 is 0 Å². The van der Waals surface area contributed by atoms with Crippen molar-refractivity contribution in [1.82, 2.24) is 4.90 Å². The van der Waals surface area contributed by atoms with E-state index in [0.29, 0.717) is 31.2 Å². The smallest absolute Gasteiger partial charge is 0.254 e. The number of benzene rings is 1. The Balaban J connectivity index is 2.05. The standard InChI is InChI=1S/C16H23NO3/c1-2-20-15-9-7-13(8-10-15)16(19)17(11-4-12-18)14-5-3-6-14/h7-10,14,18H,2-6,11-12H2,1H3. The second-order valence-corrected chi connectivity index (χ2v) is 5.12. The minimum Gasteiger partial charge on any atom is -0.494 e. The summed E-state index contributed by atoms with van der Waals surface area (Å²) in [6.07, 6.45) is 3.98. The Morgan fingerprint density at radius 2 is 2.05 bits per heavy atom. The first-order chi connectivity index (χ1) is 9.76. The highest BCUT2D eigenvalue weighted by Crippen LogP contribution is 2.26. The third kappa shape index (κ3) is 3.51. The van der Waals surface area contributed by atoms with Gasteiger partial charge in [-0.2, -0.15) is 0 Å². The van der Waals surface area contributed by atoms with Crippen LogP contribution in [0.25, 0.3) is 0 Å². The zero-order valence-electron chi connectivity index (χ0n) is 12.0. The molecule has 110 valence electrons. The average Bonchev–Trinajstić information content (AvgIpc) is 2.42. The number of ether oxygens (including phenoxy) is 1. The first kappa shape index (κ1) is 14.9. The molecule has 1 saturated carbocycles. The molecule has 0 aliphatic heterocycles. The summed E-state index contributed by atoms with van der Waals surface area (Å²) in [5.74, 6) is 0.848. The number of amides is 1. The van der Waals surface area contributed by atoms with E-state index in [1.54, 1.807) is 0 Å². The molecule has 20 heavy (non-hydrogen) atoms. The van der Waals surface area contributed by atoms with Crippen LogP contribution in [0.3, 0.4) is 0 Å². The van der Waals surface area contributed by atoms with Gasteiger partial charge in [0.25, 0.3) is 5.91 Å². The van der Waals surface area contributed by atoms with Crippen LogP contribution in [0.1, 0.15) is 43.0 Å². The minimum atomic E-state index is 0.0613. The Kier molecular flexibility index (Phi) is 5.41. The van der Waals surface area contributed by atoms with E-state index in [4.69, 9.17) is 9.84 Å². The van der Waals surface area contributed by atoms with E-state index in [-0.39, 0.29) is 12.5 Å². The Hall–Kier alpha value is -1.55. The van der Waals surface area contributed by atoms with Gasteiger partial charge in [0, 0.05) is 24.8 Å². The molecule has 0 heterocycles. The molecule has 1 N–H and O–H groups in total. The van der Waals surface area contributed by atoms with Gasteiger partial charge >= 0.3 is 0 Å². The minimum absolute atomic E-state index is 0.0613. The van der Waals surface area contributed by atoms with E-state index in [0.717, 1.165) is 18.6 Å². The molecule has 4 heteroatoms. The van der Waals surface area contributed by atoms with Crippen LogP contribution in [-0.2, 0) is 0 Å². The number of carbonyl (C=O) groups excluding carboxylic acids is 1. The Morgan fingerprint density at radius 1 is 1.35 bits per heavy atom. The van der Waals surface area contributed by atoms with Crippen LogP contribution in [0.2, 0.25) is 0 Å². The maximum Gasteiger partial charge on any atom is 0.254 e. The van der Waals surface area contributed by atoms with Gasteiger partial charge in [0.05, 0.1) is 6.61 Å². The van der Waals surface area contributed by atoms with Crippen molar-refractivity contribution in [2.45, 2.75) is 38.6 Å². The number of hydrogen-bond acceptors (Lipinski definition) is 3. The van der Waals surface area contributed by atoms with Crippen LogP contribution in [0.4, 0.5) is 0 Å². The van der Waals surface area contributed by atoms with E-state index in [1.165, 1.54) is 6.42 Å². The molecule has 2 rings (SSSR count). The van der Waals surface area contributed by atoms with Crippen molar-refractivity contribution in [3.05, 3.63) is 29.8 Å². The van der Waals surface area contributed by atoms with Gasteiger partial charge in [0.15, 0.2) is 0 Å². The van der Waals surface area contributed by atoms with Crippen LogP contribution >= 0.6 is 0 Å². The monoisotopic (exact) mass is 277 g/mol. The van der Waals surface area contributed by atoms with Crippen molar-refractivity contribution in [2.75, 3.05) is 19.8 Å². The molecule has 0 unspecified atom stereocenters. The molecule has 4 nitrogen and oxygen atoms in total. The summed E-state index contributed by atoms with van der Waals surface area (Å²) in [6.45, 7) is 3.32. The summed E-state index contributed by atoms with van der Waals surface area (Å²) in [6, 6.07) is 7.65. The number of aliphatic hydroxyl groups is 1. The molecule has 1 aliphatic rings. The van der Waals surface area contributed by atoms with E-state index in [2.05, 4.69) is 0 Å². The average molecular weight is 277 g/mol. The molecule has 0 spiro atoms. The summed E-state index contributed by atoms with van der Waals surface area (Å²) in [4.78, 5) is 14.5. The number of hydrogen-bond donors (Lipinski definition) is 1. The maximum atomic E-state index is 12.6. The van der Waals surface area contributed by atoms with Crippen molar-refractivity contribution >= 4 is 5.91 Å². The van der Waals surface area contributed by atoms with Crippen LogP contribution in [0.5, 0.6) is 5.75 Å². The topological polar surface area (TPSA) is 49.8 Å². The zero-order chi connectivity index (χ0) is 14.4. The lowest BCUT2D eigenvalue weighted by Crippen LogP contribution is -2.44. The largest absolute Gasteiger partial charge is 0.494 e. The van der Waals surface area contributed by atoms with Crippen molar-refractivity contribution in [2.24, 2.45) is 0 Å². The molecule has 0 atom stereocenters. The zero-order valence-corrected chi connectivity index (χ0v) is 12.0. The predicted molar refractivity (Wildman–Crippen MR) is 78.0 cm³/mol. The van der Waals surface area contributed by atoms with Gasteiger partial charge in [0.2, 0.25) is 0 Å². The summed E-state index contributed by atoms with van der Waals surface area (Å²) in [5.41, 5.74) is 0.693. The normalized spacial score (nSPS) is 14.7. The Morgan fingerprint density at radius 3 is 2.55 bits per heavy atom. The van der Waals surface area contributed by atoms with Crippen molar-refractivity contribution in [1.29, 1.82) is 0 Å².